The van der Waals surface area contributed by atoms with Gasteiger partial charge in [-0.25, -0.2) is 4.39 Å². The van der Waals surface area contributed by atoms with Crippen LogP contribution >= 0.6 is 0 Å². The topological polar surface area (TPSA) is 41.1 Å². The maximum atomic E-state index is 13.0. The van der Waals surface area contributed by atoms with E-state index in [1.807, 2.05) is 0 Å². The Labute approximate surface area is 99.4 Å². The van der Waals surface area contributed by atoms with E-state index in [2.05, 4.69) is 10.6 Å². The van der Waals surface area contributed by atoms with E-state index in [1.54, 1.807) is 12.1 Å². The first-order valence-electron chi connectivity index (χ1n) is 5.97. The zero-order chi connectivity index (χ0) is 11.9. The molecule has 1 amide bonds. The summed E-state index contributed by atoms with van der Waals surface area (Å²) in [5.41, 5.74) is 0.736. The van der Waals surface area contributed by atoms with Crippen LogP contribution in [0.4, 0.5) is 10.1 Å². The second-order valence-corrected chi connectivity index (χ2v) is 5.05. The summed E-state index contributed by atoms with van der Waals surface area (Å²) in [4.78, 5) is 12.0. The Kier molecular flexibility index (Phi) is 2.40. The molecule has 3 nitrogen and oxygen atoms in total. The van der Waals surface area contributed by atoms with Crippen LogP contribution < -0.4 is 10.6 Å². The van der Waals surface area contributed by atoms with Crippen molar-refractivity contribution in [3.05, 3.63) is 30.1 Å². The Hall–Kier alpha value is -1.42. The summed E-state index contributed by atoms with van der Waals surface area (Å²) < 4.78 is 13.0. The molecule has 2 atom stereocenters. The Morgan fingerprint density at radius 2 is 2.41 bits per heavy atom. The van der Waals surface area contributed by atoms with Crippen molar-refractivity contribution in [2.75, 3.05) is 18.4 Å². The van der Waals surface area contributed by atoms with Crippen LogP contribution in [-0.2, 0) is 4.79 Å². The molecule has 1 aliphatic carbocycles. The van der Waals surface area contributed by atoms with Gasteiger partial charge in [0.1, 0.15) is 5.82 Å². The minimum absolute atomic E-state index is 0.0271. The van der Waals surface area contributed by atoms with Gasteiger partial charge in [-0.3, -0.25) is 4.79 Å². The number of rotatable bonds is 2. The lowest BCUT2D eigenvalue weighted by Gasteiger charge is -2.08. The molecule has 90 valence electrons. The summed E-state index contributed by atoms with van der Waals surface area (Å²) in [7, 11) is 0. The summed E-state index contributed by atoms with van der Waals surface area (Å²) >= 11 is 0. The molecular weight excluding hydrogens is 219 g/mol. The van der Waals surface area contributed by atoms with Gasteiger partial charge in [0, 0.05) is 18.2 Å². The zero-order valence-corrected chi connectivity index (χ0v) is 9.50. The number of hydrogen-bond donors (Lipinski definition) is 2. The average Bonchev–Trinajstić information content (AvgIpc) is 2.77. The van der Waals surface area contributed by atoms with Gasteiger partial charge in [-0.05, 0) is 43.0 Å². The van der Waals surface area contributed by atoms with E-state index < -0.39 is 0 Å². The third-order valence-corrected chi connectivity index (χ3v) is 3.88. The Morgan fingerprint density at radius 3 is 3.12 bits per heavy atom. The fraction of sp³-hybridized carbons (Fsp3) is 0.462. The van der Waals surface area contributed by atoms with Gasteiger partial charge >= 0.3 is 0 Å². The first-order chi connectivity index (χ1) is 8.20. The van der Waals surface area contributed by atoms with Gasteiger partial charge in [-0.1, -0.05) is 6.07 Å². The van der Waals surface area contributed by atoms with Gasteiger partial charge in [0.25, 0.3) is 0 Å². The number of carbonyl (C=O) groups excluding carboxylic acids is 1. The molecule has 1 saturated heterocycles. The Morgan fingerprint density at radius 1 is 1.53 bits per heavy atom. The van der Waals surface area contributed by atoms with E-state index in [4.69, 9.17) is 0 Å². The summed E-state index contributed by atoms with van der Waals surface area (Å²) in [6.07, 6.45) is 2.04. The molecule has 1 aromatic carbocycles. The van der Waals surface area contributed by atoms with E-state index in [0.717, 1.165) is 25.9 Å². The van der Waals surface area contributed by atoms with Crippen molar-refractivity contribution in [1.82, 2.24) is 5.32 Å². The van der Waals surface area contributed by atoms with E-state index >= 15 is 0 Å². The molecule has 2 unspecified atom stereocenters. The quantitative estimate of drug-likeness (QED) is 0.818. The van der Waals surface area contributed by atoms with Gasteiger partial charge in [-0.15, -0.1) is 0 Å². The fourth-order valence-electron chi connectivity index (χ4n) is 2.75. The second kappa shape index (κ2) is 3.81. The number of carbonyl (C=O) groups is 1. The lowest BCUT2D eigenvalue weighted by Crippen LogP contribution is -2.20. The minimum Gasteiger partial charge on any atom is -0.326 e. The maximum absolute atomic E-state index is 13.0. The molecule has 1 aliphatic heterocycles. The fourth-order valence-corrected chi connectivity index (χ4v) is 2.75. The zero-order valence-electron chi connectivity index (χ0n) is 9.50. The monoisotopic (exact) mass is 234 g/mol. The number of anilines is 1. The van der Waals surface area contributed by atoms with Crippen molar-refractivity contribution in [2.45, 2.75) is 12.8 Å². The molecule has 2 aliphatic rings. The number of halogens is 1. The predicted octanol–water partition coefficient (Wildman–Crippen LogP) is 1.76. The Balaban J connectivity index is 1.65. The van der Waals surface area contributed by atoms with Crippen molar-refractivity contribution in [3.8, 4) is 0 Å². The van der Waals surface area contributed by atoms with Crippen molar-refractivity contribution in [1.29, 1.82) is 0 Å². The SMILES string of the molecule is O=C(Nc1cccc(F)c1)C1CC12CCNC2. The van der Waals surface area contributed by atoms with Crippen LogP contribution in [0.1, 0.15) is 12.8 Å². The van der Waals surface area contributed by atoms with Crippen molar-refractivity contribution >= 4 is 11.6 Å². The molecular formula is C13H15FN2O. The molecule has 3 rings (SSSR count). The van der Waals surface area contributed by atoms with E-state index in [-0.39, 0.29) is 23.1 Å². The van der Waals surface area contributed by atoms with Crippen LogP contribution in [0.5, 0.6) is 0 Å². The predicted molar refractivity (Wildman–Crippen MR) is 63.1 cm³/mol. The van der Waals surface area contributed by atoms with Crippen LogP contribution in [0.25, 0.3) is 0 Å². The minimum atomic E-state index is -0.323. The summed E-state index contributed by atoms with van der Waals surface area (Å²) in [5, 5.41) is 6.08. The first-order valence-corrected chi connectivity index (χ1v) is 5.97. The van der Waals surface area contributed by atoms with Gasteiger partial charge in [-0.2, -0.15) is 0 Å². The number of nitrogens with one attached hydrogen (secondary N) is 2. The van der Waals surface area contributed by atoms with E-state index in [0.29, 0.717) is 5.69 Å². The smallest absolute Gasteiger partial charge is 0.228 e. The van der Waals surface area contributed by atoms with Gasteiger partial charge in [0.05, 0.1) is 0 Å². The summed E-state index contributed by atoms with van der Waals surface area (Å²) in [6, 6.07) is 6.03. The largest absolute Gasteiger partial charge is 0.326 e. The maximum Gasteiger partial charge on any atom is 0.228 e. The summed E-state index contributed by atoms with van der Waals surface area (Å²) in [6.45, 7) is 1.94. The first kappa shape index (κ1) is 10.7. The van der Waals surface area contributed by atoms with Crippen LogP contribution in [0, 0.1) is 17.2 Å². The third-order valence-electron chi connectivity index (χ3n) is 3.88. The molecule has 1 heterocycles. The normalized spacial score (nSPS) is 30.5. The van der Waals surface area contributed by atoms with Gasteiger partial charge in [0.2, 0.25) is 5.91 Å². The molecule has 1 aromatic rings. The third kappa shape index (κ3) is 1.93. The number of amides is 1. The standard InChI is InChI=1S/C13H15FN2O/c14-9-2-1-3-10(6-9)16-12(17)11-7-13(11)4-5-15-8-13/h1-3,6,11,15H,4-5,7-8H2,(H,16,17). The highest BCUT2D eigenvalue weighted by Crippen LogP contribution is 2.56. The molecule has 2 N–H and O–H groups in total. The lowest BCUT2D eigenvalue weighted by molar-refractivity contribution is -0.118. The van der Waals surface area contributed by atoms with Gasteiger partial charge in [0.15, 0.2) is 0 Å². The lowest BCUT2D eigenvalue weighted by atomic mass is 10.0. The van der Waals surface area contributed by atoms with Gasteiger partial charge < -0.3 is 10.6 Å². The van der Waals surface area contributed by atoms with Crippen molar-refractivity contribution in [2.24, 2.45) is 11.3 Å². The average molecular weight is 234 g/mol. The highest BCUT2D eigenvalue weighted by Gasteiger charge is 2.58. The molecule has 1 spiro atoms. The molecule has 0 bridgehead atoms. The van der Waals surface area contributed by atoms with Crippen LogP contribution in [0.3, 0.4) is 0 Å². The van der Waals surface area contributed by atoms with E-state index in [9.17, 15) is 9.18 Å². The Bertz CT molecular complexity index is 454. The highest BCUT2D eigenvalue weighted by atomic mass is 19.1. The van der Waals surface area contributed by atoms with Crippen molar-refractivity contribution in [3.63, 3.8) is 0 Å². The van der Waals surface area contributed by atoms with Crippen molar-refractivity contribution < 1.29 is 9.18 Å². The molecule has 0 radical (unpaired) electrons. The molecule has 2 fully saturated rings. The highest BCUT2D eigenvalue weighted by molar-refractivity contribution is 5.95. The molecule has 17 heavy (non-hydrogen) atoms. The van der Waals surface area contributed by atoms with Crippen LogP contribution in [-0.4, -0.2) is 19.0 Å². The second-order valence-electron chi connectivity index (χ2n) is 5.05. The van der Waals surface area contributed by atoms with Crippen LogP contribution in [0.15, 0.2) is 24.3 Å². The molecule has 0 aromatic heterocycles. The van der Waals surface area contributed by atoms with Crippen LogP contribution in [0.2, 0.25) is 0 Å². The number of hydrogen-bond acceptors (Lipinski definition) is 2. The molecule has 4 heteroatoms. The van der Waals surface area contributed by atoms with E-state index in [1.165, 1.54) is 12.1 Å². The molecule has 1 saturated carbocycles. The summed E-state index contributed by atoms with van der Waals surface area (Å²) in [5.74, 6) is -0.198. The number of benzene rings is 1.